The van der Waals surface area contributed by atoms with Crippen LogP contribution in [0.1, 0.15) is 25.2 Å². The molecule has 2 aromatic rings. The summed E-state index contributed by atoms with van der Waals surface area (Å²) < 4.78 is 31.7. The molecule has 1 aromatic carbocycles. The summed E-state index contributed by atoms with van der Waals surface area (Å²) in [7, 11) is -3.77. The SMILES string of the molecule is CCc1ccc(S(=O)(=O)N[C@@H](C)C(=O)Nc2cc(C)on2)cc1. The molecule has 2 rings (SSSR count). The molecule has 124 valence electrons. The third-order valence-corrected chi connectivity index (χ3v) is 4.80. The molecule has 0 radical (unpaired) electrons. The van der Waals surface area contributed by atoms with Gasteiger partial charge in [0.05, 0.1) is 10.9 Å². The van der Waals surface area contributed by atoms with Gasteiger partial charge < -0.3 is 9.84 Å². The Bertz CT molecular complexity index is 781. The van der Waals surface area contributed by atoms with E-state index >= 15 is 0 Å². The van der Waals surface area contributed by atoms with Crippen molar-refractivity contribution in [3.8, 4) is 0 Å². The molecule has 23 heavy (non-hydrogen) atoms. The van der Waals surface area contributed by atoms with Gasteiger partial charge in [-0.15, -0.1) is 0 Å². The van der Waals surface area contributed by atoms with Gasteiger partial charge in [-0.1, -0.05) is 24.2 Å². The van der Waals surface area contributed by atoms with Crippen LogP contribution < -0.4 is 10.0 Å². The molecule has 1 heterocycles. The number of aromatic nitrogens is 1. The number of aryl methyl sites for hydroxylation is 2. The lowest BCUT2D eigenvalue weighted by Gasteiger charge is -2.13. The summed E-state index contributed by atoms with van der Waals surface area (Å²) in [6, 6.07) is 7.12. The lowest BCUT2D eigenvalue weighted by Crippen LogP contribution is -2.41. The first-order valence-corrected chi connectivity index (χ1v) is 8.65. The largest absolute Gasteiger partial charge is 0.360 e. The molecule has 7 nitrogen and oxygen atoms in total. The highest BCUT2D eigenvalue weighted by Gasteiger charge is 2.22. The maximum absolute atomic E-state index is 12.3. The van der Waals surface area contributed by atoms with E-state index in [1.807, 2.05) is 6.92 Å². The van der Waals surface area contributed by atoms with E-state index in [2.05, 4.69) is 15.2 Å². The molecule has 0 spiro atoms. The Morgan fingerprint density at radius 2 is 1.96 bits per heavy atom. The lowest BCUT2D eigenvalue weighted by molar-refractivity contribution is -0.117. The van der Waals surface area contributed by atoms with Gasteiger partial charge in [0, 0.05) is 6.07 Å². The van der Waals surface area contributed by atoms with Crippen molar-refractivity contribution in [2.24, 2.45) is 0 Å². The van der Waals surface area contributed by atoms with Gasteiger partial charge in [0.1, 0.15) is 5.76 Å². The van der Waals surface area contributed by atoms with E-state index < -0.39 is 22.0 Å². The highest BCUT2D eigenvalue weighted by molar-refractivity contribution is 7.89. The molecule has 0 bridgehead atoms. The predicted molar refractivity (Wildman–Crippen MR) is 85.5 cm³/mol. The quantitative estimate of drug-likeness (QED) is 0.837. The molecule has 0 saturated heterocycles. The highest BCUT2D eigenvalue weighted by Crippen LogP contribution is 2.12. The first-order chi connectivity index (χ1) is 10.8. The van der Waals surface area contributed by atoms with Crippen molar-refractivity contribution in [1.29, 1.82) is 0 Å². The molecular weight excluding hydrogens is 318 g/mol. The number of hydrogen-bond acceptors (Lipinski definition) is 5. The number of rotatable bonds is 6. The van der Waals surface area contributed by atoms with Gasteiger partial charge in [-0.2, -0.15) is 4.72 Å². The monoisotopic (exact) mass is 337 g/mol. The lowest BCUT2D eigenvalue weighted by atomic mass is 10.2. The number of hydrogen-bond donors (Lipinski definition) is 2. The smallest absolute Gasteiger partial charge is 0.243 e. The average Bonchev–Trinajstić information content (AvgIpc) is 2.92. The first kappa shape index (κ1) is 17.2. The van der Waals surface area contributed by atoms with E-state index in [0.29, 0.717) is 5.76 Å². The molecule has 0 aliphatic heterocycles. The number of sulfonamides is 1. The van der Waals surface area contributed by atoms with Crippen molar-refractivity contribution in [1.82, 2.24) is 9.88 Å². The molecule has 2 N–H and O–H groups in total. The van der Waals surface area contributed by atoms with E-state index in [1.165, 1.54) is 19.1 Å². The van der Waals surface area contributed by atoms with Gasteiger partial charge in [-0.3, -0.25) is 4.79 Å². The summed E-state index contributed by atoms with van der Waals surface area (Å²) in [6.07, 6.45) is 0.823. The summed E-state index contributed by atoms with van der Waals surface area (Å²) in [4.78, 5) is 12.1. The molecule has 0 unspecified atom stereocenters. The highest BCUT2D eigenvalue weighted by atomic mass is 32.2. The van der Waals surface area contributed by atoms with Crippen LogP contribution in [0.25, 0.3) is 0 Å². The zero-order valence-corrected chi connectivity index (χ0v) is 14.0. The molecule has 1 amide bonds. The molecule has 1 atom stereocenters. The first-order valence-electron chi connectivity index (χ1n) is 7.17. The minimum atomic E-state index is -3.77. The van der Waals surface area contributed by atoms with Crippen molar-refractivity contribution in [3.05, 3.63) is 41.7 Å². The van der Waals surface area contributed by atoms with Crippen molar-refractivity contribution in [2.45, 2.75) is 38.1 Å². The van der Waals surface area contributed by atoms with Crippen LogP contribution in [0.15, 0.2) is 39.8 Å². The third kappa shape index (κ3) is 4.40. The van der Waals surface area contributed by atoms with Gasteiger partial charge >= 0.3 is 0 Å². The Labute approximate surface area is 135 Å². The Morgan fingerprint density at radius 3 is 2.48 bits per heavy atom. The fourth-order valence-corrected chi connectivity index (χ4v) is 3.12. The van der Waals surface area contributed by atoms with Crippen molar-refractivity contribution in [2.75, 3.05) is 5.32 Å². The van der Waals surface area contributed by atoms with Crippen molar-refractivity contribution < 1.29 is 17.7 Å². The number of nitrogens with zero attached hydrogens (tertiary/aromatic N) is 1. The summed E-state index contributed by atoms with van der Waals surface area (Å²) in [5.74, 6) is 0.266. The maximum Gasteiger partial charge on any atom is 0.243 e. The standard InChI is InChI=1S/C15H19N3O4S/c1-4-12-5-7-13(8-6-12)23(20,21)18-11(3)15(19)16-14-9-10(2)22-17-14/h5-9,11,18H,4H2,1-3H3,(H,16,17,19)/t11-/m0/s1. The maximum atomic E-state index is 12.3. The van der Waals surface area contributed by atoms with Gasteiger partial charge in [-0.25, -0.2) is 8.42 Å². The van der Waals surface area contributed by atoms with Crippen LogP contribution in [0, 0.1) is 6.92 Å². The molecule has 0 fully saturated rings. The van der Waals surface area contributed by atoms with Gasteiger partial charge in [0.2, 0.25) is 15.9 Å². The minimum Gasteiger partial charge on any atom is -0.360 e. The summed E-state index contributed by atoms with van der Waals surface area (Å²) in [5.41, 5.74) is 1.04. The fourth-order valence-electron chi connectivity index (χ4n) is 1.92. The van der Waals surface area contributed by atoms with Gasteiger partial charge in [0.15, 0.2) is 5.82 Å². The Hall–Kier alpha value is -2.19. The third-order valence-electron chi connectivity index (χ3n) is 3.25. The van der Waals surface area contributed by atoms with E-state index in [4.69, 9.17) is 4.52 Å². The van der Waals surface area contributed by atoms with E-state index in [1.54, 1.807) is 25.1 Å². The predicted octanol–water partition coefficient (Wildman–Crippen LogP) is 1.85. The summed E-state index contributed by atoms with van der Waals surface area (Å²) in [5, 5.41) is 6.11. The molecule has 0 aliphatic carbocycles. The topological polar surface area (TPSA) is 101 Å². The van der Waals surface area contributed by atoms with E-state index in [-0.39, 0.29) is 10.7 Å². The summed E-state index contributed by atoms with van der Waals surface area (Å²) >= 11 is 0. The van der Waals surface area contributed by atoms with E-state index in [9.17, 15) is 13.2 Å². The second-order valence-electron chi connectivity index (χ2n) is 5.15. The van der Waals surface area contributed by atoms with Crippen molar-refractivity contribution >= 4 is 21.7 Å². The molecule has 0 saturated carbocycles. The molecule has 8 heteroatoms. The van der Waals surface area contributed by atoms with Crippen LogP contribution in [-0.4, -0.2) is 25.5 Å². The average molecular weight is 337 g/mol. The van der Waals surface area contributed by atoms with Crippen LogP contribution in [0.5, 0.6) is 0 Å². The second kappa shape index (κ2) is 6.93. The normalized spacial score (nSPS) is 12.8. The van der Waals surface area contributed by atoms with Crippen LogP contribution >= 0.6 is 0 Å². The van der Waals surface area contributed by atoms with Gasteiger partial charge in [0.25, 0.3) is 0 Å². The fraction of sp³-hybridized carbons (Fsp3) is 0.333. The van der Waals surface area contributed by atoms with Crippen LogP contribution in [0.4, 0.5) is 5.82 Å². The number of carbonyl (C=O) groups excluding carboxylic acids is 1. The van der Waals surface area contributed by atoms with Crippen LogP contribution in [0.3, 0.4) is 0 Å². The Balaban J connectivity index is 2.04. The number of benzene rings is 1. The van der Waals surface area contributed by atoms with Gasteiger partial charge in [-0.05, 0) is 38.0 Å². The zero-order chi connectivity index (χ0) is 17.0. The Kier molecular flexibility index (Phi) is 5.17. The molecular formula is C15H19N3O4S. The molecule has 1 aromatic heterocycles. The minimum absolute atomic E-state index is 0.117. The number of nitrogens with one attached hydrogen (secondary N) is 2. The van der Waals surface area contributed by atoms with Crippen LogP contribution in [-0.2, 0) is 21.2 Å². The van der Waals surface area contributed by atoms with Crippen LogP contribution in [0.2, 0.25) is 0 Å². The number of carbonyl (C=O) groups is 1. The van der Waals surface area contributed by atoms with E-state index in [0.717, 1.165) is 12.0 Å². The summed E-state index contributed by atoms with van der Waals surface area (Å²) in [6.45, 7) is 5.13. The second-order valence-corrected chi connectivity index (χ2v) is 6.87. The zero-order valence-electron chi connectivity index (χ0n) is 13.2. The van der Waals surface area contributed by atoms with Crippen molar-refractivity contribution in [3.63, 3.8) is 0 Å². The Morgan fingerprint density at radius 1 is 1.30 bits per heavy atom. The number of anilines is 1. The molecule has 0 aliphatic rings. The number of amides is 1.